The predicted octanol–water partition coefficient (Wildman–Crippen LogP) is 2.02. The number of anilines is 1. The zero-order chi connectivity index (χ0) is 11.4. The van der Waals surface area contributed by atoms with Gasteiger partial charge in [-0.15, -0.1) is 0 Å². The molecule has 1 aliphatic rings. The Hall–Kier alpha value is -1.16. The third-order valence-electron chi connectivity index (χ3n) is 3.16. The molecule has 0 amide bonds. The van der Waals surface area contributed by atoms with Crippen molar-refractivity contribution in [2.75, 3.05) is 18.4 Å². The van der Waals surface area contributed by atoms with Crippen LogP contribution < -0.4 is 10.6 Å². The average Bonchev–Trinajstić information content (AvgIpc) is 2.33. The Morgan fingerprint density at radius 1 is 1.62 bits per heavy atom. The summed E-state index contributed by atoms with van der Waals surface area (Å²) in [5, 5.41) is 6.52. The Morgan fingerprint density at radius 3 is 3.19 bits per heavy atom. The number of nitrogens with one attached hydrogen (secondary N) is 2. The Morgan fingerprint density at radius 2 is 2.50 bits per heavy atom. The summed E-state index contributed by atoms with van der Waals surface area (Å²) in [6.45, 7) is 4.19. The van der Waals surface area contributed by atoms with E-state index in [2.05, 4.69) is 22.5 Å². The first-order valence-corrected chi connectivity index (χ1v) is 5.85. The van der Waals surface area contributed by atoms with Crippen LogP contribution in [0.4, 0.5) is 10.2 Å². The summed E-state index contributed by atoms with van der Waals surface area (Å²) in [5.74, 6) is 0.633. The van der Waals surface area contributed by atoms with Gasteiger partial charge in [0.05, 0.1) is 0 Å². The first-order chi connectivity index (χ1) is 7.77. The molecule has 2 atom stereocenters. The van der Waals surface area contributed by atoms with Crippen molar-refractivity contribution < 1.29 is 4.39 Å². The van der Waals surface area contributed by atoms with E-state index in [4.69, 9.17) is 0 Å². The molecule has 1 aliphatic heterocycles. The molecule has 1 aromatic heterocycles. The van der Waals surface area contributed by atoms with Gasteiger partial charge in [0, 0.05) is 12.2 Å². The molecule has 2 unspecified atom stereocenters. The SMILES string of the molecule is CC(Nc1ncccc1F)C1CCCNC1. The van der Waals surface area contributed by atoms with Gasteiger partial charge in [-0.3, -0.25) is 0 Å². The number of hydrogen-bond donors (Lipinski definition) is 2. The van der Waals surface area contributed by atoms with E-state index < -0.39 is 0 Å². The Balaban J connectivity index is 1.96. The molecule has 2 rings (SSSR count). The Kier molecular flexibility index (Phi) is 3.72. The quantitative estimate of drug-likeness (QED) is 0.823. The molecule has 2 N–H and O–H groups in total. The molecule has 0 radical (unpaired) electrons. The lowest BCUT2D eigenvalue weighted by Gasteiger charge is -2.29. The van der Waals surface area contributed by atoms with Gasteiger partial charge in [-0.1, -0.05) is 0 Å². The fraction of sp³-hybridized carbons (Fsp3) is 0.583. The standard InChI is InChI=1S/C12H18FN3/c1-9(10-4-2-6-14-8-10)16-12-11(13)5-3-7-15-12/h3,5,7,9-10,14H,2,4,6,8H2,1H3,(H,15,16). The van der Waals surface area contributed by atoms with Crippen molar-refractivity contribution in [2.45, 2.75) is 25.8 Å². The number of nitrogens with zero attached hydrogens (tertiary/aromatic N) is 1. The third kappa shape index (κ3) is 2.70. The fourth-order valence-electron chi connectivity index (χ4n) is 2.13. The molecular weight excluding hydrogens is 205 g/mol. The van der Waals surface area contributed by atoms with E-state index in [1.165, 1.54) is 18.9 Å². The summed E-state index contributed by atoms with van der Waals surface area (Å²) in [6.07, 6.45) is 3.99. The summed E-state index contributed by atoms with van der Waals surface area (Å²) in [6, 6.07) is 3.28. The molecule has 88 valence electrons. The van der Waals surface area contributed by atoms with E-state index in [1.54, 1.807) is 12.3 Å². The van der Waals surface area contributed by atoms with E-state index in [0.29, 0.717) is 11.7 Å². The normalized spacial score (nSPS) is 22.8. The highest BCUT2D eigenvalue weighted by molar-refractivity contribution is 5.36. The van der Waals surface area contributed by atoms with Crippen LogP contribution in [-0.4, -0.2) is 24.1 Å². The van der Waals surface area contributed by atoms with E-state index >= 15 is 0 Å². The minimum Gasteiger partial charge on any atom is -0.365 e. The molecule has 1 aromatic rings. The number of piperidine rings is 1. The second-order valence-corrected chi connectivity index (χ2v) is 4.37. The van der Waals surface area contributed by atoms with Gasteiger partial charge in [0.2, 0.25) is 0 Å². The summed E-state index contributed by atoms with van der Waals surface area (Å²) in [5.41, 5.74) is 0. The summed E-state index contributed by atoms with van der Waals surface area (Å²) in [4.78, 5) is 4.01. The Labute approximate surface area is 95.5 Å². The van der Waals surface area contributed by atoms with Crippen LogP contribution in [-0.2, 0) is 0 Å². The maximum Gasteiger partial charge on any atom is 0.165 e. The van der Waals surface area contributed by atoms with Crippen molar-refractivity contribution in [1.29, 1.82) is 0 Å². The largest absolute Gasteiger partial charge is 0.365 e. The second-order valence-electron chi connectivity index (χ2n) is 4.37. The lowest BCUT2D eigenvalue weighted by molar-refractivity contribution is 0.346. The van der Waals surface area contributed by atoms with E-state index in [1.807, 2.05) is 0 Å². The van der Waals surface area contributed by atoms with E-state index in [-0.39, 0.29) is 11.9 Å². The van der Waals surface area contributed by atoms with Crippen LogP contribution >= 0.6 is 0 Å². The first-order valence-electron chi connectivity index (χ1n) is 5.85. The minimum absolute atomic E-state index is 0.247. The lowest BCUT2D eigenvalue weighted by Crippen LogP contribution is -2.39. The summed E-state index contributed by atoms with van der Waals surface area (Å²) >= 11 is 0. The molecule has 4 heteroatoms. The molecule has 0 saturated carbocycles. The highest BCUT2D eigenvalue weighted by Gasteiger charge is 2.20. The molecular formula is C12H18FN3. The molecule has 0 spiro atoms. The topological polar surface area (TPSA) is 37.0 Å². The molecule has 16 heavy (non-hydrogen) atoms. The molecule has 1 saturated heterocycles. The van der Waals surface area contributed by atoms with Crippen LogP contribution in [0.15, 0.2) is 18.3 Å². The van der Waals surface area contributed by atoms with Crippen LogP contribution in [0.25, 0.3) is 0 Å². The molecule has 2 heterocycles. The van der Waals surface area contributed by atoms with Crippen molar-refractivity contribution >= 4 is 5.82 Å². The molecule has 0 aliphatic carbocycles. The predicted molar refractivity (Wildman–Crippen MR) is 62.9 cm³/mol. The summed E-state index contributed by atoms with van der Waals surface area (Å²) < 4.78 is 13.4. The maximum absolute atomic E-state index is 13.4. The summed E-state index contributed by atoms with van der Waals surface area (Å²) in [7, 11) is 0. The van der Waals surface area contributed by atoms with Crippen molar-refractivity contribution in [3.05, 3.63) is 24.1 Å². The van der Waals surface area contributed by atoms with Gasteiger partial charge in [-0.25, -0.2) is 9.37 Å². The minimum atomic E-state index is -0.280. The molecule has 0 bridgehead atoms. The van der Waals surface area contributed by atoms with Crippen LogP contribution in [0.2, 0.25) is 0 Å². The zero-order valence-electron chi connectivity index (χ0n) is 9.54. The van der Waals surface area contributed by atoms with E-state index in [0.717, 1.165) is 13.1 Å². The van der Waals surface area contributed by atoms with Gasteiger partial charge in [-0.2, -0.15) is 0 Å². The average molecular weight is 223 g/mol. The van der Waals surface area contributed by atoms with Crippen molar-refractivity contribution in [1.82, 2.24) is 10.3 Å². The maximum atomic E-state index is 13.4. The van der Waals surface area contributed by atoms with E-state index in [9.17, 15) is 4.39 Å². The third-order valence-corrected chi connectivity index (χ3v) is 3.16. The van der Waals surface area contributed by atoms with Gasteiger partial charge in [0.15, 0.2) is 11.6 Å². The first kappa shape index (κ1) is 11.3. The highest BCUT2D eigenvalue weighted by atomic mass is 19.1. The number of hydrogen-bond acceptors (Lipinski definition) is 3. The Bertz CT molecular complexity index is 337. The number of rotatable bonds is 3. The number of halogens is 1. The van der Waals surface area contributed by atoms with Gasteiger partial charge >= 0.3 is 0 Å². The van der Waals surface area contributed by atoms with Gasteiger partial charge in [0.25, 0.3) is 0 Å². The van der Waals surface area contributed by atoms with Crippen molar-refractivity contribution in [2.24, 2.45) is 5.92 Å². The zero-order valence-corrected chi connectivity index (χ0v) is 9.54. The smallest absolute Gasteiger partial charge is 0.165 e. The second kappa shape index (κ2) is 5.25. The highest BCUT2D eigenvalue weighted by Crippen LogP contribution is 2.18. The van der Waals surface area contributed by atoms with Crippen molar-refractivity contribution in [3.8, 4) is 0 Å². The van der Waals surface area contributed by atoms with Crippen molar-refractivity contribution in [3.63, 3.8) is 0 Å². The van der Waals surface area contributed by atoms with Crippen LogP contribution in [0.1, 0.15) is 19.8 Å². The van der Waals surface area contributed by atoms with Crippen LogP contribution in [0, 0.1) is 11.7 Å². The lowest BCUT2D eigenvalue weighted by atomic mass is 9.93. The molecule has 1 fully saturated rings. The van der Waals surface area contributed by atoms with Crippen LogP contribution in [0.3, 0.4) is 0 Å². The number of pyridine rings is 1. The fourth-order valence-corrected chi connectivity index (χ4v) is 2.13. The monoisotopic (exact) mass is 223 g/mol. The van der Waals surface area contributed by atoms with Gasteiger partial charge < -0.3 is 10.6 Å². The van der Waals surface area contributed by atoms with Gasteiger partial charge in [-0.05, 0) is 50.9 Å². The molecule has 3 nitrogen and oxygen atoms in total. The number of aromatic nitrogens is 1. The molecule has 0 aromatic carbocycles. The van der Waals surface area contributed by atoms with Crippen LogP contribution in [0.5, 0.6) is 0 Å². The van der Waals surface area contributed by atoms with Gasteiger partial charge in [0.1, 0.15) is 0 Å².